The Bertz CT molecular complexity index is 599. The summed E-state index contributed by atoms with van der Waals surface area (Å²) in [6.45, 7) is 3.58. The minimum atomic E-state index is -0.283. The zero-order valence-corrected chi connectivity index (χ0v) is 12.0. The smallest absolute Gasteiger partial charge is 0.226 e. The molecule has 2 aromatic rings. The molecule has 112 valence electrons. The molecule has 0 bridgehead atoms. The van der Waals surface area contributed by atoms with Gasteiger partial charge in [-0.1, -0.05) is 6.07 Å². The van der Waals surface area contributed by atoms with E-state index in [-0.39, 0.29) is 5.82 Å². The van der Waals surface area contributed by atoms with Gasteiger partial charge in [0, 0.05) is 18.7 Å². The Labute approximate surface area is 123 Å². The SMILES string of the molecule is NCC1CCCN(Cc2coc(-c3cccc(F)c3)n2)C1. The molecule has 3 rings (SSSR count). The Kier molecular flexibility index (Phi) is 4.31. The number of hydrogen-bond acceptors (Lipinski definition) is 4. The molecule has 1 aromatic carbocycles. The van der Waals surface area contributed by atoms with Crippen molar-refractivity contribution < 1.29 is 8.81 Å². The molecule has 1 unspecified atom stereocenters. The lowest BCUT2D eigenvalue weighted by Gasteiger charge is -2.31. The second kappa shape index (κ2) is 6.37. The van der Waals surface area contributed by atoms with Gasteiger partial charge in [-0.25, -0.2) is 9.37 Å². The van der Waals surface area contributed by atoms with Crippen LogP contribution in [0, 0.1) is 11.7 Å². The summed E-state index contributed by atoms with van der Waals surface area (Å²) < 4.78 is 18.7. The molecule has 0 amide bonds. The molecule has 0 aliphatic carbocycles. The monoisotopic (exact) mass is 289 g/mol. The van der Waals surface area contributed by atoms with Gasteiger partial charge in [-0.15, -0.1) is 0 Å². The third-order valence-corrected chi connectivity index (χ3v) is 3.95. The van der Waals surface area contributed by atoms with Crippen molar-refractivity contribution in [2.75, 3.05) is 19.6 Å². The van der Waals surface area contributed by atoms with Gasteiger partial charge in [0.15, 0.2) is 0 Å². The van der Waals surface area contributed by atoms with Crippen LogP contribution < -0.4 is 5.73 Å². The standard InChI is InChI=1S/C16H20FN3O/c17-14-5-1-4-13(7-14)16-19-15(11-21-16)10-20-6-2-3-12(8-18)9-20/h1,4-5,7,11-12H,2-3,6,8-10,18H2. The molecule has 1 aliphatic rings. The van der Waals surface area contributed by atoms with Gasteiger partial charge in [-0.2, -0.15) is 0 Å². The minimum absolute atomic E-state index is 0.283. The van der Waals surface area contributed by atoms with Crippen LogP contribution >= 0.6 is 0 Å². The predicted molar refractivity (Wildman–Crippen MR) is 79.0 cm³/mol. The largest absolute Gasteiger partial charge is 0.444 e. The molecule has 5 heteroatoms. The van der Waals surface area contributed by atoms with Gasteiger partial charge in [0.25, 0.3) is 0 Å². The highest BCUT2D eigenvalue weighted by atomic mass is 19.1. The van der Waals surface area contributed by atoms with Crippen molar-refractivity contribution in [3.8, 4) is 11.5 Å². The second-order valence-corrected chi connectivity index (χ2v) is 5.63. The van der Waals surface area contributed by atoms with Crippen molar-refractivity contribution in [1.82, 2.24) is 9.88 Å². The van der Waals surface area contributed by atoms with Gasteiger partial charge >= 0.3 is 0 Å². The number of benzene rings is 1. The van der Waals surface area contributed by atoms with E-state index in [0.717, 1.165) is 31.9 Å². The zero-order chi connectivity index (χ0) is 14.7. The molecule has 0 saturated carbocycles. The fraction of sp³-hybridized carbons (Fsp3) is 0.438. The number of piperidine rings is 1. The average Bonchev–Trinajstić information content (AvgIpc) is 2.96. The van der Waals surface area contributed by atoms with Crippen molar-refractivity contribution in [3.63, 3.8) is 0 Å². The molecular weight excluding hydrogens is 269 g/mol. The minimum Gasteiger partial charge on any atom is -0.444 e. The molecule has 2 heterocycles. The van der Waals surface area contributed by atoms with Gasteiger partial charge in [0.1, 0.15) is 12.1 Å². The lowest BCUT2D eigenvalue weighted by Crippen LogP contribution is -2.37. The predicted octanol–water partition coefficient (Wildman–Crippen LogP) is 2.65. The second-order valence-electron chi connectivity index (χ2n) is 5.63. The Balaban J connectivity index is 1.68. The van der Waals surface area contributed by atoms with Gasteiger partial charge in [0.2, 0.25) is 5.89 Å². The maximum absolute atomic E-state index is 13.2. The number of oxazole rings is 1. The van der Waals surface area contributed by atoms with Crippen LogP contribution in [0.4, 0.5) is 4.39 Å². The van der Waals surface area contributed by atoms with E-state index >= 15 is 0 Å². The molecule has 1 fully saturated rings. The fourth-order valence-corrected chi connectivity index (χ4v) is 2.85. The third-order valence-electron chi connectivity index (χ3n) is 3.95. The van der Waals surface area contributed by atoms with Gasteiger partial charge in [-0.05, 0) is 50.0 Å². The van der Waals surface area contributed by atoms with E-state index in [0.29, 0.717) is 17.4 Å². The number of nitrogens with zero attached hydrogens (tertiary/aromatic N) is 2. The number of nitrogens with two attached hydrogens (primary N) is 1. The van der Waals surface area contributed by atoms with Crippen molar-refractivity contribution in [2.24, 2.45) is 11.7 Å². The summed E-state index contributed by atoms with van der Waals surface area (Å²) >= 11 is 0. The molecule has 4 nitrogen and oxygen atoms in total. The number of hydrogen-bond donors (Lipinski definition) is 1. The molecule has 21 heavy (non-hydrogen) atoms. The maximum Gasteiger partial charge on any atom is 0.226 e. The van der Waals surface area contributed by atoms with Crippen molar-refractivity contribution >= 4 is 0 Å². The quantitative estimate of drug-likeness (QED) is 0.940. The molecular formula is C16H20FN3O. The number of aromatic nitrogens is 1. The van der Waals surface area contributed by atoms with Crippen LogP contribution in [0.5, 0.6) is 0 Å². The third kappa shape index (κ3) is 3.49. The Hall–Kier alpha value is -1.72. The molecule has 2 N–H and O–H groups in total. The van der Waals surface area contributed by atoms with E-state index in [9.17, 15) is 4.39 Å². The first-order chi connectivity index (χ1) is 10.2. The molecule has 1 aromatic heterocycles. The fourth-order valence-electron chi connectivity index (χ4n) is 2.85. The summed E-state index contributed by atoms with van der Waals surface area (Å²) in [6, 6.07) is 6.30. The first kappa shape index (κ1) is 14.2. The molecule has 0 radical (unpaired) electrons. The number of likely N-dealkylation sites (tertiary alicyclic amines) is 1. The maximum atomic E-state index is 13.2. The van der Waals surface area contributed by atoms with Crippen LogP contribution in [0.25, 0.3) is 11.5 Å². The first-order valence-corrected chi connectivity index (χ1v) is 7.37. The summed E-state index contributed by atoms with van der Waals surface area (Å²) in [7, 11) is 0. The van der Waals surface area contributed by atoms with Gasteiger partial charge < -0.3 is 10.2 Å². The van der Waals surface area contributed by atoms with Gasteiger partial charge in [-0.3, -0.25) is 4.90 Å². The van der Waals surface area contributed by atoms with E-state index in [1.165, 1.54) is 25.0 Å². The summed E-state index contributed by atoms with van der Waals surface area (Å²) in [5.74, 6) is 0.763. The van der Waals surface area contributed by atoms with Crippen LogP contribution in [-0.2, 0) is 6.54 Å². The van der Waals surface area contributed by atoms with E-state index in [1.54, 1.807) is 18.4 Å². The van der Waals surface area contributed by atoms with Crippen molar-refractivity contribution in [3.05, 3.63) is 42.0 Å². The van der Waals surface area contributed by atoms with Crippen LogP contribution in [0.1, 0.15) is 18.5 Å². The first-order valence-electron chi connectivity index (χ1n) is 7.37. The summed E-state index contributed by atoms with van der Waals surface area (Å²) in [6.07, 6.45) is 4.04. The Morgan fingerprint density at radius 2 is 2.33 bits per heavy atom. The lowest BCUT2D eigenvalue weighted by atomic mass is 9.98. The van der Waals surface area contributed by atoms with E-state index in [4.69, 9.17) is 10.2 Å². The molecule has 1 saturated heterocycles. The highest BCUT2D eigenvalue weighted by molar-refractivity contribution is 5.52. The van der Waals surface area contributed by atoms with Crippen molar-refractivity contribution in [1.29, 1.82) is 0 Å². The number of halogens is 1. The normalized spacial score (nSPS) is 19.8. The highest BCUT2D eigenvalue weighted by Crippen LogP contribution is 2.22. The summed E-state index contributed by atoms with van der Waals surface area (Å²) in [5, 5.41) is 0. The van der Waals surface area contributed by atoms with E-state index in [2.05, 4.69) is 9.88 Å². The molecule has 0 spiro atoms. The Morgan fingerprint density at radius 1 is 1.43 bits per heavy atom. The zero-order valence-electron chi connectivity index (χ0n) is 12.0. The number of rotatable bonds is 4. The summed E-state index contributed by atoms with van der Waals surface area (Å²) in [4.78, 5) is 6.82. The van der Waals surface area contributed by atoms with Gasteiger partial charge in [0.05, 0.1) is 5.69 Å². The van der Waals surface area contributed by atoms with E-state index in [1.807, 2.05) is 0 Å². The van der Waals surface area contributed by atoms with Crippen LogP contribution in [0.15, 0.2) is 34.9 Å². The lowest BCUT2D eigenvalue weighted by molar-refractivity contribution is 0.169. The highest BCUT2D eigenvalue weighted by Gasteiger charge is 2.20. The molecule has 1 atom stereocenters. The topological polar surface area (TPSA) is 55.3 Å². The van der Waals surface area contributed by atoms with Crippen molar-refractivity contribution in [2.45, 2.75) is 19.4 Å². The van der Waals surface area contributed by atoms with Crippen LogP contribution in [-0.4, -0.2) is 29.5 Å². The molecule has 1 aliphatic heterocycles. The van der Waals surface area contributed by atoms with Crippen LogP contribution in [0.2, 0.25) is 0 Å². The van der Waals surface area contributed by atoms with Crippen LogP contribution in [0.3, 0.4) is 0 Å². The average molecular weight is 289 g/mol. The summed E-state index contributed by atoms with van der Waals surface area (Å²) in [5.41, 5.74) is 7.30. The Morgan fingerprint density at radius 3 is 3.14 bits per heavy atom. The van der Waals surface area contributed by atoms with E-state index < -0.39 is 0 Å².